The highest BCUT2D eigenvalue weighted by molar-refractivity contribution is 7.15. The van der Waals surface area contributed by atoms with Gasteiger partial charge in [0.15, 0.2) is 5.65 Å². The number of nitrogens with one attached hydrogen (secondary N) is 2. The summed E-state index contributed by atoms with van der Waals surface area (Å²) in [5.41, 5.74) is 10.5. The van der Waals surface area contributed by atoms with Crippen molar-refractivity contribution in [3.8, 4) is 22.4 Å². The average molecular weight is 627 g/mol. The van der Waals surface area contributed by atoms with Gasteiger partial charge in [-0.25, -0.2) is 9.78 Å². The number of hydrogen-bond acceptors (Lipinski definition) is 11. The number of nitriles is 1. The second-order valence-electron chi connectivity index (χ2n) is 10.0. The largest absolute Gasteiger partial charge is 0.480 e. The fourth-order valence-corrected chi connectivity index (χ4v) is 5.43. The van der Waals surface area contributed by atoms with E-state index in [0.29, 0.717) is 30.1 Å². The lowest BCUT2D eigenvalue weighted by atomic mass is 10.1. The Balaban J connectivity index is 1.02. The van der Waals surface area contributed by atoms with E-state index in [-0.39, 0.29) is 25.6 Å². The van der Waals surface area contributed by atoms with E-state index in [9.17, 15) is 9.59 Å². The van der Waals surface area contributed by atoms with Crippen LogP contribution in [0.5, 0.6) is 5.88 Å². The highest BCUT2D eigenvalue weighted by Crippen LogP contribution is 2.31. The molecule has 5 aromatic rings. The van der Waals surface area contributed by atoms with Crippen LogP contribution in [-0.4, -0.2) is 57.3 Å². The smallest absolute Gasteiger partial charge is 0.407 e. The minimum Gasteiger partial charge on any atom is -0.480 e. The normalized spacial score (nSPS) is 11.5. The van der Waals surface area contributed by atoms with Gasteiger partial charge in [0.05, 0.1) is 18.9 Å². The molecule has 5 rings (SSSR count). The number of thiophene rings is 1. The molecule has 0 bridgehead atoms. The number of fused-ring (bicyclic) bond motifs is 1. The molecule has 1 unspecified atom stereocenters. The van der Waals surface area contributed by atoms with Gasteiger partial charge in [-0.1, -0.05) is 36.4 Å². The number of alkyl carbamates (subject to hydrolysis) is 1. The van der Waals surface area contributed by atoms with Crippen LogP contribution >= 0.6 is 11.3 Å². The van der Waals surface area contributed by atoms with Crippen LogP contribution in [0.15, 0.2) is 67.0 Å². The molecule has 0 saturated carbocycles. The molecular formula is C31H30N8O5S. The summed E-state index contributed by atoms with van der Waals surface area (Å²) in [4.78, 5) is 42.4. The first kappa shape index (κ1) is 30.8. The van der Waals surface area contributed by atoms with Crippen LogP contribution in [0.2, 0.25) is 0 Å². The summed E-state index contributed by atoms with van der Waals surface area (Å²) in [5, 5.41) is 20.9. The molecule has 0 radical (unpaired) electrons. The minimum absolute atomic E-state index is 0.0811. The Morgan fingerprint density at radius 3 is 2.60 bits per heavy atom. The van der Waals surface area contributed by atoms with Gasteiger partial charge in [0, 0.05) is 35.5 Å². The Morgan fingerprint density at radius 2 is 1.87 bits per heavy atom. The van der Waals surface area contributed by atoms with E-state index in [4.69, 9.17) is 25.6 Å². The van der Waals surface area contributed by atoms with Crippen molar-refractivity contribution in [1.82, 2.24) is 25.3 Å². The molecule has 45 heavy (non-hydrogen) atoms. The molecule has 0 aliphatic carbocycles. The van der Waals surface area contributed by atoms with Gasteiger partial charge in [0.25, 0.3) is 0 Å². The second-order valence-corrected chi connectivity index (χ2v) is 11.2. The summed E-state index contributed by atoms with van der Waals surface area (Å²) < 4.78 is 11.2. The van der Waals surface area contributed by atoms with Crippen molar-refractivity contribution >= 4 is 46.2 Å². The number of imidazole rings is 1. The predicted octanol–water partition coefficient (Wildman–Crippen LogP) is 4.37. The van der Waals surface area contributed by atoms with E-state index in [1.807, 2.05) is 78.7 Å². The van der Waals surface area contributed by atoms with E-state index in [1.165, 1.54) is 17.7 Å². The number of nitrogen functional groups attached to an aromatic ring is 1. The van der Waals surface area contributed by atoms with E-state index in [2.05, 4.69) is 25.3 Å². The third kappa shape index (κ3) is 8.03. The van der Waals surface area contributed by atoms with Crippen LogP contribution in [0, 0.1) is 17.2 Å². The molecule has 230 valence electrons. The topological polar surface area (TPSA) is 192 Å². The predicted molar refractivity (Wildman–Crippen MR) is 169 cm³/mol. The van der Waals surface area contributed by atoms with E-state index in [1.54, 1.807) is 0 Å². The third-order valence-electron chi connectivity index (χ3n) is 6.88. The molecule has 0 spiro atoms. The minimum atomic E-state index is -1.11. The lowest BCUT2D eigenvalue weighted by Gasteiger charge is -2.19. The van der Waals surface area contributed by atoms with Crippen molar-refractivity contribution in [1.29, 1.82) is 5.26 Å². The quantitative estimate of drug-likeness (QED) is 0.145. The van der Waals surface area contributed by atoms with Gasteiger partial charge in [0.1, 0.15) is 24.6 Å². The van der Waals surface area contributed by atoms with Crippen molar-refractivity contribution in [2.75, 3.05) is 30.8 Å². The molecule has 0 saturated heterocycles. The number of nitrogens with two attached hydrogens (primary N) is 1. The van der Waals surface area contributed by atoms with Crippen LogP contribution < -0.4 is 20.7 Å². The summed E-state index contributed by atoms with van der Waals surface area (Å²) in [5.74, 6) is -1.76. The fraction of sp³-hybridized carbons (Fsp3) is 0.226. The summed E-state index contributed by atoms with van der Waals surface area (Å²) in [6.45, 7) is 1.28. The Labute approximate surface area is 262 Å². The molecule has 0 aliphatic heterocycles. The lowest BCUT2D eigenvalue weighted by Crippen LogP contribution is -2.28. The first-order chi connectivity index (χ1) is 21.8. The van der Waals surface area contributed by atoms with Gasteiger partial charge in [-0.15, -0.1) is 11.3 Å². The highest BCUT2D eigenvalue weighted by Gasteiger charge is 2.18. The molecule has 3 heterocycles. The van der Waals surface area contributed by atoms with E-state index in [0.717, 1.165) is 32.1 Å². The number of ether oxygens (including phenoxy) is 2. The Hall–Kier alpha value is -5.68. The number of carboxylic acid groups (broad SMARTS) is 1. The standard InChI is InChI=1S/C31H30N8O5S/c1-39(23-8-6-21(7-9-23)25-11-10-24(45-25)14-22(15-32)29(40)41)12-13-43-31(42)34-16-19-2-4-20(5-3-19)17-44-28-26-27(36-18-35-26)37-30(33)38-28/h2-11,18,22H,12-14,16-17H2,1H3,(H,34,42)(H,40,41)(H3,33,35,36,37,38). The van der Waals surface area contributed by atoms with Crippen molar-refractivity contribution in [3.05, 3.63) is 83.0 Å². The molecule has 1 atom stereocenters. The zero-order valence-electron chi connectivity index (χ0n) is 24.3. The van der Waals surface area contributed by atoms with E-state index >= 15 is 0 Å². The third-order valence-corrected chi connectivity index (χ3v) is 8.04. The number of nitrogens with zero attached hydrogens (tertiary/aromatic N) is 5. The molecule has 2 aromatic carbocycles. The number of aromatic amines is 1. The van der Waals surface area contributed by atoms with Crippen molar-refractivity contribution in [3.63, 3.8) is 0 Å². The van der Waals surface area contributed by atoms with Crippen LogP contribution in [0.25, 0.3) is 21.6 Å². The number of aliphatic carboxylic acids is 1. The monoisotopic (exact) mass is 626 g/mol. The number of carbonyl (C=O) groups is 2. The van der Waals surface area contributed by atoms with Crippen molar-refractivity contribution in [2.24, 2.45) is 5.92 Å². The maximum absolute atomic E-state index is 12.2. The van der Waals surface area contributed by atoms with Crippen molar-refractivity contribution in [2.45, 2.75) is 19.6 Å². The molecule has 5 N–H and O–H groups in total. The lowest BCUT2D eigenvalue weighted by molar-refractivity contribution is -0.139. The molecule has 0 fully saturated rings. The van der Waals surface area contributed by atoms with Gasteiger partial charge in [-0.05, 0) is 41.0 Å². The maximum Gasteiger partial charge on any atom is 0.407 e. The number of benzene rings is 2. The number of H-pyrrole nitrogens is 1. The number of likely N-dealkylation sites (N-methyl/N-ethyl adjacent to an activating group) is 1. The molecule has 0 aliphatic rings. The number of carboxylic acids is 1. The Morgan fingerprint density at radius 1 is 1.11 bits per heavy atom. The number of amides is 1. The van der Waals surface area contributed by atoms with Gasteiger partial charge < -0.3 is 35.5 Å². The van der Waals surface area contributed by atoms with Gasteiger partial charge >= 0.3 is 12.1 Å². The first-order valence-corrected chi connectivity index (χ1v) is 14.7. The van der Waals surface area contributed by atoms with Gasteiger partial charge in [0.2, 0.25) is 11.8 Å². The summed E-state index contributed by atoms with van der Waals surface area (Å²) in [6, 6.07) is 21.1. The zero-order chi connectivity index (χ0) is 31.8. The maximum atomic E-state index is 12.2. The number of aromatic nitrogens is 4. The molecule has 1 amide bonds. The van der Waals surface area contributed by atoms with E-state index < -0.39 is 18.0 Å². The number of rotatable bonds is 13. The van der Waals surface area contributed by atoms with Crippen LogP contribution in [0.3, 0.4) is 0 Å². The van der Waals surface area contributed by atoms with Crippen LogP contribution in [0.4, 0.5) is 16.4 Å². The molecule has 3 aromatic heterocycles. The number of anilines is 2. The average Bonchev–Trinajstić information content (AvgIpc) is 3.72. The molecular weight excluding hydrogens is 596 g/mol. The van der Waals surface area contributed by atoms with Crippen molar-refractivity contribution < 1.29 is 24.2 Å². The number of carbonyl (C=O) groups excluding carboxylic acids is 1. The second kappa shape index (κ2) is 14.2. The van der Waals surface area contributed by atoms with Gasteiger partial charge in [-0.3, -0.25) is 4.79 Å². The molecule has 14 heteroatoms. The summed E-state index contributed by atoms with van der Waals surface area (Å²) in [7, 11) is 1.91. The fourth-order valence-electron chi connectivity index (χ4n) is 4.37. The highest BCUT2D eigenvalue weighted by atomic mass is 32.1. The van der Waals surface area contributed by atoms with Crippen LogP contribution in [-0.2, 0) is 29.1 Å². The van der Waals surface area contributed by atoms with Crippen LogP contribution in [0.1, 0.15) is 16.0 Å². The zero-order valence-corrected chi connectivity index (χ0v) is 25.1. The SMILES string of the molecule is CN(CCOC(=O)NCc1ccc(COc2nc(N)nc3nc[nH]c23)cc1)c1ccc(-c2ccc(CC(C#N)C(=O)O)s2)cc1. The first-order valence-electron chi connectivity index (χ1n) is 13.9. The summed E-state index contributed by atoms with van der Waals surface area (Å²) in [6.07, 6.45) is 1.18. The Kier molecular flexibility index (Phi) is 9.70. The Bertz CT molecular complexity index is 1810. The number of hydrogen-bond donors (Lipinski definition) is 4. The van der Waals surface area contributed by atoms with Gasteiger partial charge in [-0.2, -0.15) is 15.2 Å². The summed E-state index contributed by atoms with van der Waals surface area (Å²) >= 11 is 1.48. The molecule has 13 nitrogen and oxygen atoms in total.